The second-order valence-electron chi connectivity index (χ2n) is 5.67. The zero-order valence-corrected chi connectivity index (χ0v) is 12.9. The van der Waals surface area contributed by atoms with E-state index in [4.69, 9.17) is 4.52 Å². The molecule has 0 N–H and O–H groups in total. The van der Waals surface area contributed by atoms with Crippen LogP contribution >= 0.6 is 0 Å². The summed E-state index contributed by atoms with van der Waals surface area (Å²) in [5, 5.41) is 4.00. The van der Waals surface area contributed by atoms with Crippen molar-refractivity contribution in [2.24, 2.45) is 14.1 Å². The van der Waals surface area contributed by atoms with Crippen LogP contribution in [0.4, 0.5) is 0 Å². The van der Waals surface area contributed by atoms with Gasteiger partial charge in [0.15, 0.2) is 5.82 Å². The van der Waals surface area contributed by atoms with E-state index in [-0.39, 0.29) is 17.3 Å². The monoisotopic (exact) mass is 305 g/mol. The molecule has 22 heavy (non-hydrogen) atoms. The van der Waals surface area contributed by atoms with Crippen molar-refractivity contribution in [3.63, 3.8) is 0 Å². The molecule has 118 valence electrons. The molecule has 0 radical (unpaired) electrons. The molecule has 1 aliphatic rings. The molecule has 0 amide bonds. The van der Waals surface area contributed by atoms with Gasteiger partial charge in [-0.05, 0) is 19.4 Å². The van der Waals surface area contributed by atoms with E-state index in [2.05, 4.69) is 15.0 Å². The van der Waals surface area contributed by atoms with Crippen LogP contribution in [0.1, 0.15) is 36.3 Å². The molecule has 8 nitrogen and oxygen atoms in total. The first-order valence-electron chi connectivity index (χ1n) is 7.27. The fraction of sp³-hybridized carbons (Fsp3) is 0.571. The van der Waals surface area contributed by atoms with Crippen molar-refractivity contribution >= 4 is 0 Å². The van der Waals surface area contributed by atoms with Gasteiger partial charge in [0, 0.05) is 39.3 Å². The second kappa shape index (κ2) is 5.53. The smallest absolute Gasteiger partial charge is 0.330 e. The summed E-state index contributed by atoms with van der Waals surface area (Å²) in [5.74, 6) is 1.21. The Morgan fingerprint density at radius 3 is 2.77 bits per heavy atom. The highest BCUT2D eigenvalue weighted by molar-refractivity contribution is 5.05. The van der Waals surface area contributed by atoms with Gasteiger partial charge < -0.3 is 4.52 Å². The van der Waals surface area contributed by atoms with Crippen LogP contribution in [0.2, 0.25) is 0 Å². The van der Waals surface area contributed by atoms with Crippen molar-refractivity contribution in [1.29, 1.82) is 0 Å². The van der Waals surface area contributed by atoms with Gasteiger partial charge >= 0.3 is 5.69 Å². The highest BCUT2D eigenvalue weighted by atomic mass is 16.5. The summed E-state index contributed by atoms with van der Waals surface area (Å²) in [6, 6.07) is 1.58. The maximum Gasteiger partial charge on any atom is 0.330 e. The summed E-state index contributed by atoms with van der Waals surface area (Å²) in [5.41, 5.74) is 0.0955. The Hall–Kier alpha value is -2.22. The predicted molar refractivity (Wildman–Crippen MR) is 78.3 cm³/mol. The lowest BCUT2D eigenvalue weighted by atomic mass is 10.2. The van der Waals surface area contributed by atoms with E-state index in [1.165, 1.54) is 17.7 Å². The van der Waals surface area contributed by atoms with Crippen LogP contribution in [0, 0.1) is 6.92 Å². The minimum Gasteiger partial charge on any atom is -0.340 e. The van der Waals surface area contributed by atoms with Crippen molar-refractivity contribution in [2.75, 3.05) is 6.54 Å². The third-order valence-electron chi connectivity index (χ3n) is 4.20. The third kappa shape index (κ3) is 2.50. The Morgan fingerprint density at radius 2 is 2.09 bits per heavy atom. The maximum absolute atomic E-state index is 12.0. The Balaban J connectivity index is 1.90. The molecule has 0 unspecified atom stereocenters. The first kappa shape index (κ1) is 14.7. The van der Waals surface area contributed by atoms with Gasteiger partial charge in [-0.3, -0.25) is 18.8 Å². The van der Waals surface area contributed by atoms with Crippen LogP contribution in [-0.4, -0.2) is 30.7 Å². The molecule has 1 aliphatic heterocycles. The van der Waals surface area contributed by atoms with Crippen molar-refractivity contribution in [1.82, 2.24) is 24.2 Å². The maximum atomic E-state index is 12.0. The van der Waals surface area contributed by atoms with Gasteiger partial charge in [0.05, 0.1) is 6.04 Å². The van der Waals surface area contributed by atoms with Gasteiger partial charge in [-0.25, -0.2) is 4.79 Å². The summed E-state index contributed by atoms with van der Waals surface area (Å²) in [4.78, 5) is 30.3. The molecule has 3 heterocycles. The van der Waals surface area contributed by atoms with Gasteiger partial charge in [-0.15, -0.1) is 0 Å². The zero-order chi connectivity index (χ0) is 15.9. The zero-order valence-electron chi connectivity index (χ0n) is 12.9. The third-order valence-corrected chi connectivity index (χ3v) is 4.20. The SMILES string of the molecule is Cc1nc([C@H]2CCCN2Cc2cc(=O)n(C)c(=O)n2C)no1. The standard InChI is InChI=1S/C14H19N5O3/c1-9-15-13(16-22-9)11-5-4-6-19(11)8-10-7-12(20)18(3)14(21)17(10)2/h7,11H,4-6,8H2,1-3H3/t11-/m1/s1. The van der Waals surface area contributed by atoms with Gasteiger partial charge in [0.2, 0.25) is 5.89 Å². The van der Waals surface area contributed by atoms with Crippen LogP contribution in [0.5, 0.6) is 0 Å². The van der Waals surface area contributed by atoms with Crippen molar-refractivity contribution in [2.45, 2.75) is 32.4 Å². The average Bonchev–Trinajstić information content (AvgIpc) is 3.11. The lowest BCUT2D eigenvalue weighted by molar-refractivity contribution is 0.228. The molecule has 2 aromatic rings. The van der Waals surface area contributed by atoms with Crippen LogP contribution < -0.4 is 11.2 Å². The number of aryl methyl sites for hydroxylation is 1. The summed E-state index contributed by atoms with van der Waals surface area (Å²) in [6.07, 6.45) is 1.97. The van der Waals surface area contributed by atoms with Crippen molar-refractivity contribution < 1.29 is 4.52 Å². The van der Waals surface area contributed by atoms with E-state index in [1.54, 1.807) is 14.0 Å². The molecule has 3 rings (SSSR count). The first-order valence-corrected chi connectivity index (χ1v) is 7.27. The second-order valence-corrected chi connectivity index (χ2v) is 5.67. The van der Waals surface area contributed by atoms with Crippen molar-refractivity contribution in [3.05, 3.63) is 44.3 Å². The molecule has 0 bridgehead atoms. The van der Waals surface area contributed by atoms with Crippen LogP contribution in [0.25, 0.3) is 0 Å². The lowest BCUT2D eigenvalue weighted by Crippen LogP contribution is -2.39. The molecule has 1 saturated heterocycles. The Bertz CT molecular complexity index is 804. The molecule has 1 fully saturated rings. The number of nitrogens with zero attached hydrogens (tertiary/aromatic N) is 5. The van der Waals surface area contributed by atoms with Crippen LogP contribution in [0.15, 0.2) is 20.2 Å². The molecule has 0 saturated carbocycles. The average molecular weight is 305 g/mol. The van der Waals surface area contributed by atoms with Crippen molar-refractivity contribution in [3.8, 4) is 0 Å². The summed E-state index contributed by atoms with van der Waals surface area (Å²) in [6.45, 7) is 3.15. The molecule has 0 spiro atoms. The quantitative estimate of drug-likeness (QED) is 0.800. The summed E-state index contributed by atoms with van der Waals surface area (Å²) < 4.78 is 7.67. The Labute approximate surface area is 127 Å². The number of rotatable bonds is 3. The number of hydrogen-bond donors (Lipinski definition) is 0. The van der Waals surface area contributed by atoms with Crippen LogP contribution in [0.3, 0.4) is 0 Å². The van der Waals surface area contributed by atoms with Crippen LogP contribution in [-0.2, 0) is 20.6 Å². The van der Waals surface area contributed by atoms with E-state index < -0.39 is 0 Å². The van der Waals surface area contributed by atoms with E-state index in [9.17, 15) is 9.59 Å². The molecule has 0 aliphatic carbocycles. The number of aromatic nitrogens is 4. The fourth-order valence-corrected chi connectivity index (χ4v) is 2.90. The molecular formula is C14H19N5O3. The molecule has 0 aromatic carbocycles. The topological polar surface area (TPSA) is 86.2 Å². The van der Waals surface area contributed by atoms with Gasteiger partial charge in [-0.1, -0.05) is 5.16 Å². The summed E-state index contributed by atoms with van der Waals surface area (Å²) >= 11 is 0. The predicted octanol–water partition coefficient (Wildman–Crippen LogP) is 0.113. The molecule has 1 atom stereocenters. The lowest BCUT2D eigenvalue weighted by Gasteiger charge is -2.22. The highest BCUT2D eigenvalue weighted by Crippen LogP contribution is 2.31. The molecule has 8 heteroatoms. The van der Waals surface area contributed by atoms with Gasteiger partial charge in [0.25, 0.3) is 5.56 Å². The van der Waals surface area contributed by atoms with E-state index >= 15 is 0 Å². The summed E-state index contributed by atoms with van der Waals surface area (Å²) in [7, 11) is 3.16. The Morgan fingerprint density at radius 1 is 1.32 bits per heavy atom. The van der Waals surface area contributed by atoms with E-state index in [0.717, 1.165) is 24.0 Å². The minimum atomic E-state index is -0.311. The molecular weight excluding hydrogens is 286 g/mol. The normalized spacial score (nSPS) is 19.0. The highest BCUT2D eigenvalue weighted by Gasteiger charge is 2.30. The Kier molecular flexibility index (Phi) is 3.69. The largest absolute Gasteiger partial charge is 0.340 e. The van der Waals surface area contributed by atoms with Gasteiger partial charge in [0.1, 0.15) is 0 Å². The minimum absolute atomic E-state index is 0.0663. The number of likely N-dealkylation sites (tertiary alicyclic amines) is 1. The van der Waals surface area contributed by atoms with E-state index in [1.807, 2.05) is 0 Å². The number of hydrogen-bond acceptors (Lipinski definition) is 6. The molecule has 2 aromatic heterocycles. The fourth-order valence-electron chi connectivity index (χ4n) is 2.90. The first-order chi connectivity index (χ1) is 10.5. The van der Waals surface area contributed by atoms with Gasteiger partial charge in [-0.2, -0.15) is 4.98 Å². The van der Waals surface area contributed by atoms with E-state index in [0.29, 0.717) is 24.0 Å².